The summed E-state index contributed by atoms with van der Waals surface area (Å²) >= 11 is 0. The average molecular weight is 276 g/mol. The smallest absolute Gasteiger partial charge is 0.322 e. The highest BCUT2D eigenvalue weighted by Crippen LogP contribution is 2.19. The molecule has 0 saturated carbocycles. The molecule has 3 amide bonds. The van der Waals surface area contributed by atoms with Gasteiger partial charge in [-0.1, -0.05) is 12.1 Å². The molecular weight excluding hydrogens is 256 g/mol. The number of rotatable bonds is 3. The van der Waals surface area contributed by atoms with E-state index in [1.165, 1.54) is 4.90 Å². The van der Waals surface area contributed by atoms with Crippen molar-refractivity contribution in [3.05, 3.63) is 29.8 Å². The number of carbonyl (C=O) groups excluding carboxylic acids is 2. The molecule has 1 aliphatic rings. The number of nitrogens with zero attached hydrogens (tertiary/aromatic N) is 1. The maximum atomic E-state index is 12.1. The maximum absolute atomic E-state index is 12.1. The number of likely N-dealkylation sites (tertiary alicyclic amines) is 1. The summed E-state index contributed by atoms with van der Waals surface area (Å²) in [5, 5.41) is 2.77. The second kappa shape index (κ2) is 5.92. The number of amides is 3. The Bertz CT molecular complexity index is 498. The van der Waals surface area contributed by atoms with E-state index in [2.05, 4.69) is 5.32 Å². The van der Waals surface area contributed by atoms with Crippen LogP contribution in [0.2, 0.25) is 0 Å². The Balaban J connectivity index is 2.02. The lowest BCUT2D eigenvalue weighted by Gasteiger charge is -2.22. The molecular formula is C14H20N4O2. The molecule has 0 aromatic heterocycles. The second-order valence-electron chi connectivity index (χ2n) is 5.09. The highest BCUT2D eigenvalue weighted by atomic mass is 16.2. The van der Waals surface area contributed by atoms with E-state index in [4.69, 9.17) is 11.5 Å². The molecule has 2 atom stereocenters. The van der Waals surface area contributed by atoms with Gasteiger partial charge in [0.2, 0.25) is 5.91 Å². The number of hydrogen-bond acceptors (Lipinski definition) is 3. The molecule has 6 heteroatoms. The lowest BCUT2D eigenvalue weighted by atomic mass is 10.1. The van der Waals surface area contributed by atoms with Gasteiger partial charge in [0.25, 0.3) is 0 Å². The Morgan fingerprint density at radius 3 is 2.55 bits per heavy atom. The van der Waals surface area contributed by atoms with Crippen LogP contribution in [0.4, 0.5) is 10.5 Å². The molecule has 2 rings (SSSR count). The first-order valence-corrected chi connectivity index (χ1v) is 6.71. The monoisotopic (exact) mass is 276 g/mol. The zero-order valence-corrected chi connectivity index (χ0v) is 11.5. The van der Waals surface area contributed by atoms with Gasteiger partial charge in [-0.25, -0.2) is 4.79 Å². The van der Waals surface area contributed by atoms with E-state index < -0.39 is 11.9 Å². The van der Waals surface area contributed by atoms with Crippen molar-refractivity contribution in [3.63, 3.8) is 0 Å². The molecule has 108 valence electrons. The standard InChI is InChI=1S/C14H20N4O2/c1-9(15)10-4-6-11(7-5-10)17-14(20)18-8-2-3-12(18)13(16)19/h4-7,9,12H,2-3,8,15H2,1H3,(H2,16,19)(H,17,20). The van der Waals surface area contributed by atoms with Crippen molar-refractivity contribution in [2.75, 3.05) is 11.9 Å². The highest BCUT2D eigenvalue weighted by molar-refractivity contribution is 5.93. The molecule has 0 aliphatic carbocycles. The fraction of sp³-hybridized carbons (Fsp3) is 0.429. The molecule has 1 saturated heterocycles. The Hall–Kier alpha value is -2.08. The van der Waals surface area contributed by atoms with E-state index >= 15 is 0 Å². The van der Waals surface area contributed by atoms with Crippen molar-refractivity contribution in [1.82, 2.24) is 4.90 Å². The van der Waals surface area contributed by atoms with Crippen LogP contribution in [-0.2, 0) is 4.79 Å². The summed E-state index contributed by atoms with van der Waals surface area (Å²) in [4.78, 5) is 24.9. The van der Waals surface area contributed by atoms with Crippen LogP contribution in [0.1, 0.15) is 31.4 Å². The number of carbonyl (C=O) groups is 2. The van der Waals surface area contributed by atoms with Gasteiger partial charge in [0.05, 0.1) is 0 Å². The van der Waals surface area contributed by atoms with Gasteiger partial charge in [-0.2, -0.15) is 0 Å². The summed E-state index contributed by atoms with van der Waals surface area (Å²) in [7, 11) is 0. The number of primary amides is 1. The number of hydrogen-bond donors (Lipinski definition) is 3. The van der Waals surface area contributed by atoms with Gasteiger partial charge in [-0.05, 0) is 37.5 Å². The van der Waals surface area contributed by atoms with Crippen molar-refractivity contribution in [1.29, 1.82) is 0 Å². The molecule has 0 radical (unpaired) electrons. The summed E-state index contributed by atoms with van der Waals surface area (Å²) < 4.78 is 0. The zero-order valence-electron chi connectivity index (χ0n) is 11.5. The van der Waals surface area contributed by atoms with Crippen molar-refractivity contribution in [2.24, 2.45) is 11.5 Å². The zero-order chi connectivity index (χ0) is 14.7. The Labute approximate surface area is 118 Å². The van der Waals surface area contributed by atoms with E-state index in [-0.39, 0.29) is 12.1 Å². The summed E-state index contributed by atoms with van der Waals surface area (Å²) in [5.41, 5.74) is 12.7. The molecule has 2 unspecified atom stereocenters. The lowest BCUT2D eigenvalue weighted by Crippen LogP contribution is -2.45. The van der Waals surface area contributed by atoms with Crippen LogP contribution in [-0.4, -0.2) is 29.4 Å². The molecule has 1 fully saturated rings. The molecule has 0 bridgehead atoms. The van der Waals surface area contributed by atoms with E-state index in [0.717, 1.165) is 12.0 Å². The third-order valence-electron chi connectivity index (χ3n) is 3.53. The molecule has 1 aromatic rings. The Morgan fingerprint density at radius 1 is 1.35 bits per heavy atom. The predicted molar refractivity (Wildman–Crippen MR) is 77.0 cm³/mol. The molecule has 5 N–H and O–H groups in total. The van der Waals surface area contributed by atoms with Crippen LogP contribution in [0, 0.1) is 0 Å². The molecule has 1 aliphatic heterocycles. The molecule has 0 spiro atoms. The third-order valence-corrected chi connectivity index (χ3v) is 3.53. The minimum Gasteiger partial charge on any atom is -0.368 e. The Morgan fingerprint density at radius 2 is 2.00 bits per heavy atom. The minimum atomic E-state index is -0.502. The van der Waals surface area contributed by atoms with Crippen LogP contribution >= 0.6 is 0 Å². The lowest BCUT2D eigenvalue weighted by molar-refractivity contribution is -0.121. The normalized spacial score (nSPS) is 19.7. The fourth-order valence-electron chi connectivity index (χ4n) is 2.37. The topological polar surface area (TPSA) is 101 Å². The van der Waals surface area contributed by atoms with E-state index in [1.807, 2.05) is 19.1 Å². The largest absolute Gasteiger partial charge is 0.368 e. The van der Waals surface area contributed by atoms with Crippen LogP contribution in [0.25, 0.3) is 0 Å². The summed E-state index contributed by atoms with van der Waals surface area (Å²) in [6.45, 7) is 2.45. The first kappa shape index (κ1) is 14.3. The van der Waals surface area contributed by atoms with E-state index in [0.29, 0.717) is 18.7 Å². The maximum Gasteiger partial charge on any atom is 0.322 e. The molecule has 20 heavy (non-hydrogen) atoms. The number of nitrogens with two attached hydrogens (primary N) is 2. The van der Waals surface area contributed by atoms with Crippen molar-refractivity contribution in [3.8, 4) is 0 Å². The quantitative estimate of drug-likeness (QED) is 0.772. The summed E-state index contributed by atoms with van der Waals surface area (Å²) in [5.74, 6) is -0.454. The second-order valence-corrected chi connectivity index (χ2v) is 5.09. The van der Waals surface area contributed by atoms with Gasteiger partial charge in [0.1, 0.15) is 6.04 Å². The molecule has 1 heterocycles. The van der Waals surface area contributed by atoms with Crippen LogP contribution < -0.4 is 16.8 Å². The van der Waals surface area contributed by atoms with Gasteiger partial charge in [0.15, 0.2) is 0 Å². The first-order chi connectivity index (χ1) is 9.49. The number of anilines is 1. The Kier molecular flexibility index (Phi) is 4.24. The van der Waals surface area contributed by atoms with Crippen molar-refractivity contribution < 1.29 is 9.59 Å². The number of benzene rings is 1. The van der Waals surface area contributed by atoms with Gasteiger partial charge in [-0.3, -0.25) is 4.79 Å². The van der Waals surface area contributed by atoms with E-state index in [1.54, 1.807) is 12.1 Å². The molecule has 6 nitrogen and oxygen atoms in total. The average Bonchev–Trinajstić information content (AvgIpc) is 2.88. The van der Waals surface area contributed by atoms with Gasteiger partial charge in [-0.15, -0.1) is 0 Å². The highest BCUT2D eigenvalue weighted by Gasteiger charge is 2.32. The van der Waals surface area contributed by atoms with Gasteiger partial charge < -0.3 is 21.7 Å². The van der Waals surface area contributed by atoms with Gasteiger partial charge >= 0.3 is 6.03 Å². The van der Waals surface area contributed by atoms with Gasteiger partial charge in [0, 0.05) is 18.3 Å². The summed E-state index contributed by atoms with van der Waals surface area (Å²) in [6.07, 6.45) is 1.43. The number of urea groups is 1. The fourth-order valence-corrected chi connectivity index (χ4v) is 2.37. The predicted octanol–water partition coefficient (Wildman–Crippen LogP) is 1.19. The minimum absolute atomic E-state index is 0.0439. The summed E-state index contributed by atoms with van der Waals surface area (Å²) in [6, 6.07) is 6.50. The SMILES string of the molecule is CC(N)c1ccc(NC(=O)N2CCCC2C(N)=O)cc1. The van der Waals surface area contributed by atoms with Crippen LogP contribution in [0.3, 0.4) is 0 Å². The first-order valence-electron chi connectivity index (χ1n) is 6.71. The van der Waals surface area contributed by atoms with Crippen molar-refractivity contribution in [2.45, 2.75) is 31.8 Å². The van der Waals surface area contributed by atoms with E-state index in [9.17, 15) is 9.59 Å². The number of nitrogens with one attached hydrogen (secondary N) is 1. The van der Waals surface area contributed by atoms with Crippen LogP contribution in [0.5, 0.6) is 0 Å². The van der Waals surface area contributed by atoms with Crippen LogP contribution in [0.15, 0.2) is 24.3 Å². The van der Waals surface area contributed by atoms with Crippen molar-refractivity contribution >= 4 is 17.6 Å². The third kappa shape index (κ3) is 3.08. The molecule has 1 aromatic carbocycles.